The third kappa shape index (κ3) is 4.27. The molecule has 0 aliphatic rings. The summed E-state index contributed by atoms with van der Waals surface area (Å²) in [5.41, 5.74) is 7.22. The molecule has 0 amide bonds. The predicted octanol–water partition coefficient (Wildman–Crippen LogP) is 10.8. The molecule has 3 aromatic heterocycles. The number of furan rings is 1. The average molecular weight is 639 g/mol. The van der Waals surface area contributed by atoms with Gasteiger partial charge < -0.3 is 8.98 Å². The highest BCUT2D eigenvalue weighted by atomic mass is 16.3. The van der Waals surface area contributed by atoms with Crippen molar-refractivity contribution in [2.45, 2.75) is 0 Å². The second kappa shape index (κ2) is 11.3. The van der Waals surface area contributed by atoms with Crippen molar-refractivity contribution < 1.29 is 4.42 Å². The lowest BCUT2D eigenvalue weighted by Crippen LogP contribution is -2.03. The molecule has 9 rings (SSSR count). The number of para-hydroxylation sites is 2. The number of hydrogen-bond acceptors (Lipinski definition) is 5. The molecule has 7 nitrogen and oxygen atoms in total. The van der Waals surface area contributed by atoms with Gasteiger partial charge >= 0.3 is 0 Å². The van der Waals surface area contributed by atoms with E-state index in [1.54, 1.807) is 12.1 Å². The highest BCUT2D eigenvalue weighted by Crippen LogP contribution is 2.44. The molecule has 0 radical (unpaired) electrons. The molecule has 7 heteroatoms. The average Bonchev–Trinajstić information content (AvgIpc) is 3.73. The number of rotatable bonds is 4. The highest BCUT2D eigenvalue weighted by molar-refractivity contribution is 6.24. The topological polar surface area (TPSA) is 95.8 Å². The Morgan fingerprint density at radius 3 is 2.00 bits per heavy atom. The van der Waals surface area contributed by atoms with Crippen LogP contribution in [0.1, 0.15) is 11.1 Å². The van der Waals surface area contributed by atoms with Crippen LogP contribution in [0.3, 0.4) is 0 Å². The van der Waals surface area contributed by atoms with Gasteiger partial charge in [0.05, 0.1) is 51.7 Å². The van der Waals surface area contributed by atoms with Crippen molar-refractivity contribution in [1.29, 1.82) is 10.5 Å². The summed E-state index contributed by atoms with van der Waals surface area (Å²) in [6.45, 7) is 8.44. The van der Waals surface area contributed by atoms with E-state index in [9.17, 15) is 10.5 Å². The summed E-state index contributed by atoms with van der Waals surface area (Å²) in [5.74, 6) is 0.432. The smallest absolute Gasteiger partial charge is 0.212 e. The molecule has 0 aliphatic carbocycles. The SMILES string of the molecule is [C-]#[N+]c1cc(-c2nc(-c3ccccc3)nc(-c3ccccc3)c2C#N)cc(C#N)c1-n1c2ccccc2c2ccc3oc4ccccc4c3c21. The van der Waals surface area contributed by atoms with Gasteiger partial charge in [0.2, 0.25) is 5.69 Å². The Morgan fingerprint density at radius 2 is 1.28 bits per heavy atom. The number of aromatic nitrogens is 3. The quantitative estimate of drug-likeness (QED) is 0.179. The van der Waals surface area contributed by atoms with Gasteiger partial charge in [-0.3, -0.25) is 0 Å². The molecule has 0 atom stereocenters. The van der Waals surface area contributed by atoms with Crippen molar-refractivity contribution in [3.05, 3.63) is 156 Å². The standard InChI is InChI=1S/C43H22N6O/c1-46-34-23-28(40-33(25-45)39(26-12-4-2-5-13-26)47-43(48-40)27-14-6-3-7-15-27)22-29(24-44)41(34)49-35-18-10-8-16-30(35)31-20-21-37-38(42(31)49)32-17-9-11-19-36(32)50-37/h2-23H. The van der Waals surface area contributed by atoms with Crippen LogP contribution in [0, 0.1) is 29.2 Å². The Labute approximate surface area is 286 Å². The van der Waals surface area contributed by atoms with E-state index >= 15 is 0 Å². The highest BCUT2D eigenvalue weighted by Gasteiger charge is 2.25. The third-order valence-electron chi connectivity index (χ3n) is 9.10. The Kier molecular flexibility index (Phi) is 6.49. The van der Waals surface area contributed by atoms with Crippen LogP contribution in [-0.2, 0) is 0 Å². The lowest BCUT2D eigenvalue weighted by molar-refractivity contribution is 0.669. The fourth-order valence-electron chi connectivity index (χ4n) is 6.96. The van der Waals surface area contributed by atoms with Crippen molar-refractivity contribution in [2.24, 2.45) is 0 Å². The second-order valence-corrected chi connectivity index (χ2v) is 11.9. The van der Waals surface area contributed by atoms with Crippen LogP contribution >= 0.6 is 0 Å². The Bertz CT molecular complexity index is 2920. The van der Waals surface area contributed by atoms with Gasteiger partial charge in [-0.15, -0.1) is 0 Å². The normalized spacial score (nSPS) is 11.1. The molecule has 230 valence electrons. The summed E-state index contributed by atoms with van der Waals surface area (Å²) in [6.07, 6.45) is 0. The number of benzene rings is 6. The number of nitriles is 2. The zero-order valence-electron chi connectivity index (χ0n) is 26.3. The van der Waals surface area contributed by atoms with E-state index in [1.165, 1.54) is 0 Å². The largest absolute Gasteiger partial charge is 0.456 e. The van der Waals surface area contributed by atoms with Gasteiger partial charge in [0.1, 0.15) is 22.8 Å². The lowest BCUT2D eigenvalue weighted by atomic mass is 9.97. The van der Waals surface area contributed by atoms with Crippen LogP contribution in [0.4, 0.5) is 5.69 Å². The van der Waals surface area contributed by atoms with Crippen LogP contribution in [-0.4, -0.2) is 14.5 Å². The molecular formula is C43H22N6O. The van der Waals surface area contributed by atoms with E-state index in [-0.39, 0.29) is 16.8 Å². The summed E-state index contributed by atoms with van der Waals surface area (Å²) in [7, 11) is 0. The van der Waals surface area contributed by atoms with Crippen molar-refractivity contribution >= 4 is 49.4 Å². The van der Waals surface area contributed by atoms with E-state index in [0.717, 1.165) is 49.3 Å². The van der Waals surface area contributed by atoms with Crippen molar-refractivity contribution in [3.8, 4) is 51.7 Å². The third-order valence-corrected chi connectivity index (χ3v) is 9.10. The molecule has 6 aromatic carbocycles. The van der Waals surface area contributed by atoms with Crippen LogP contribution in [0.2, 0.25) is 0 Å². The monoisotopic (exact) mass is 638 g/mol. The van der Waals surface area contributed by atoms with E-state index in [1.807, 2.05) is 120 Å². The number of hydrogen-bond donors (Lipinski definition) is 0. The molecule has 0 fully saturated rings. The van der Waals surface area contributed by atoms with E-state index in [4.69, 9.17) is 21.0 Å². The van der Waals surface area contributed by atoms with Crippen LogP contribution in [0.25, 0.3) is 88.2 Å². The van der Waals surface area contributed by atoms with Crippen LogP contribution in [0.15, 0.2) is 138 Å². The van der Waals surface area contributed by atoms with E-state index in [0.29, 0.717) is 34.0 Å². The molecule has 0 aliphatic heterocycles. The summed E-state index contributed by atoms with van der Waals surface area (Å²) in [5, 5.41) is 25.2. The summed E-state index contributed by atoms with van der Waals surface area (Å²) < 4.78 is 8.29. The van der Waals surface area contributed by atoms with Gasteiger partial charge in [-0.05, 0) is 42.0 Å². The van der Waals surface area contributed by atoms with Crippen molar-refractivity contribution in [2.75, 3.05) is 0 Å². The van der Waals surface area contributed by atoms with Crippen molar-refractivity contribution in [1.82, 2.24) is 14.5 Å². The maximum atomic E-state index is 10.8. The zero-order chi connectivity index (χ0) is 33.8. The fourth-order valence-corrected chi connectivity index (χ4v) is 6.96. The van der Waals surface area contributed by atoms with E-state index < -0.39 is 0 Å². The first kappa shape index (κ1) is 28.7. The van der Waals surface area contributed by atoms with Gasteiger partial charge in [-0.1, -0.05) is 97.1 Å². The van der Waals surface area contributed by atoms with Gasteiger partial charge in [-0.2, -0.15) is 10.5 Å². The molecule has 0 saturated carbocycles. The Balaban J connectivity index is 1.38. The van der Waals surface area contributed by atoms with Crippen molar-refractivity contribution in [3.63, 3.8) is 0 Å². The molecular weight excluding hydrogens is 617 g/mol. The Morgan fingerprint density at radius 1 is 0.620 bits per heavy atom. The molecule has 9 aromatic rings. The minimum atomic E-state index is 0.247. The molecule has 0 N–H and O–H groups in total. The van der Waals surface area contributed by atoms with Gasteiger partial charge in [0.25, 0.3) is 0 Å². The molecule has 50 heavy (non-hydrogen) atoms. The Hall–Kier alpha value is -7.53. The molecule has 0 spiro atoms. The van der Waals surface area contributed by atoms with E-state index in [2.05, 4.69) is 23.0 Å². The first-order valence-electron chi connectivity index (χ1n) is 15.9. The molecule has 0 saturated heterocycles. The summed E-state index contributed by atoms with van der Waals surface area (Å²) in [6, 6.07) is 47.1. The summed E-state index contributed by atoms with van der Waals surface area (Å²) in [4.78, 5) is 13.8. The first-order chi connectivity index (χ1) is 24.7. The zero-order valence-corrected chi connectivity index (χ0v) is 26.3. The molecule has 0 bridgehead atoms. The first-order valence-corrected chi connectivity index (χ1v) is 15.9. The van der Waals surface area contributed by atoms with Gasteiger partial charge in [0.15, 0.2) is 5.82 Å². The van der Waals surface area contributed by atoms with Gasteiger partial charge in [-0.25, -0.2) is 14.8 Å². The lowest BCUT2D eigenvalue weighted by Gasteiger charge is -2.16. The van der Waals surface area contributed by atoms with Gasteiger partial charge in [0, 0.05) is 27.3 Å². The predicted molar refractivity (Wildman–Crippen MR) is 196 cm³/mol. The van der Waals surface area contributed by atoms with Crippen LogP contribution < -0.4 is 0 Å². The second-order valence-electron chi connectivity index (χ2n) is 11.9. The van der Waals surface area contributed by atoms with Crippen LogP contribution in [0.5, 0.6) is 0 Å². The minimum Gasteiger partial charge on any atom is -0.456 e. The minimum absolute atomic E-state index is 0.247. The maximum Gasteiger partial charge on any atom is 0.212 e. The fraction of sp³-hybridized carbons (Fsp3) is 0. The number of fused-ring (bicyclic) bond motifs is 7. The summed E-state index contributed by atoms with van der Waals surface area (Å²) >= 11 is 0. The molecule has 3 heterocycles. The maximum absolute atomic E-state index is 10.8. The number of nitrogens with zero attached hydrogens (tertiary/aromatic N) is 6. The molecule has 0 unspecified atom stereocenters.